The van der Waals surface area contributed by atoms with Crippen molar-refractivity contribution >= 4 is 22.5 Å². The van der Waals surface area contributed by atoms with Crippen LogP contribution in [0.25, 0.3) is 10.9 Å². The second kappa shape index (κ2) is 7.40. The summed E-state index contributed by atoms with van der Waals surface area (Å²) in [4.78, 5) is 17.3. The van der Waals surface area contributed by atoms with Crippen molar-refractivity contribution < 1.29 is 14.3 Å². The maximum Gasteiger partial charge on any atom is 0.256 e. The van der Waals surface area contributed by atoms with Gasteiger partial charge in [-0.1, -0.05) is 13.8 Å². The van der Waals surface area contributed by atoms with Gasteiger partial charge < -0.3 is 14.8 Å². The van der Waals surface area contributed by atoms with Gasteiger partial charge in [-0.15, -0.1) is 0 Å². The number of ether oxygens (including phenoxy) is 2. The molecule has 1 heterocycles. The van der Waals surface area contributed by atoms with Gasteiger partial charge in [0.15, 0.2) is 0 Å². The first-order valence-corrected chi connectivity index (χ1v) is 8.93. The Morgan fingerprint density at radius 2 is 2.04 bits per heavy atom. The third-order valence-corrected chi connectivity index (χ3v) is 4.77. The van der Waals surface area contributed by atoms with Crippen LogP contribution >= 0.6 is 0 Å². The summed E-state index contributed by atoms with van der Waals surface area (Å²) in [6.07, 6.45) is 5.31. The molecule has 1 N–H and O–H groups in total. The summed E-state index contributed by atoms with van der Waals surface area (Å²) in [5, 5.41) is 3.93. The van der Waals surface area contributed by atoms with Crippen LogP contribution < -0.4 is 10.1 Å². The molecule has 0 atom stereocenters. The van der Waals surface area contributed by atoms with Crippen LogP contribution in [0.5, 0.6) is 5.75 Å². The van der Waals surface area contributed by atoms with Gasteiger partial charge in [0.1, 0.15) is 16.9 Å². The molecule has 0 bridgehead atoms. The highest BCUT2D eigenvalue weighted by Gasteiger charge is 2.41. The minimum Gasteiger partial charge on any atom is -0.491 e. The highest BCUT2D eigenvalue weighted by Crippen LogP contribution is 2.35. The number of rotatable bonds is 6. The first kappa shape index (κ1) is 17.7. The lowest BCUT2D eigenvalue weighted by atomic mass is 10.0. The van der Waals surface area contributed by atoms with Gasteiger partial charge in [0.2, 0.25) is 0 Å². The van der Waals surface area contributed by atoms with Gasteiger partial charge in [-0.2, -0.15) is 0 Å². The highest BCUT2D eigenvalue weighted by molar-refractivity contribution is 6.05. The van der Waals surface area contributed by atoms with Crippen LogP contribution in [-0.4, -0.2) is 30.2 Å². The third kappa shape index (κ3) is 3.61. The molecule has 0 radical (unpaired) electrons. The van der Waals surface area contributed by atoms with Gasteiger partial charge in [-0.25, -0.2) is 0 Å². The first-order chi connectivity index (χ1) is 12.1. The lowest BCUT2D eigenvalue weighted by Gasteiger charge is -2.26. The quantitative estimate of drug-likeness (QED) is 0.856. The van der Waals surface area contributed by atoms with Crippen LogP contribution in [0.4, 0.5) is 5.69 Å². The van der Waals surface area contributed by atoms with Crippen LogP contribution in [-0.2, 0) is 9.53 Å². The number of nitrogens with zero attached hydrogens (tertiary/aromatic N) is 1. The molecule has 1 fully saturated rings. The Morgan fingerprint density at radius 1 is 1.28 bits per heavy atom. The molecule has 0 saturated heterocycles. The molecular weight excluding hydrogens is 316 g/mol. The lowest BCUT2D eigenvalue weighted by Crippen LogP contribution is -2.42. The fourth-order valence-corrected chi connectivity index (χ4v) is 3.33. The monoisotopic (exact) mass is 342 g/mol. The van der Waals surface area contributed by atoms with E-state index in [-0.39, 0.29) is 5.91 Å². The molecule has 0 unspecified atom stereocenters. The maximum atomic E-state index is 12.8. The average Bonchev–Trinajstić information content (AvgIpc) is 3.11. The zero-order valence-corrected chi connectivity index (χ0v) is 15.2. The highest BCUT2D eigenvalue weighted by atomic mass is 16.5. The summed E-state index contributed by atoms with van der Waals surface area (Å²) in [7, 11) is 1.62. The number of anilines is 1. The molecular formula is C20H26N2O3. The number of carbonyl (C=O) groups excluding carboxylic acids is 1. The molecule has 0 aliphatic heterocycles. The number of methoxy groups -OCH3 is 1. The number of carbonyl (C=O) groups is 1. The minimum atomic E-state index is -0.707. The number of benzene rings is 1. The summed E-state index contributed by atoms with van der Waals surface area (Å²) in [6, 6.07) is 7.58. The predicted molar refractivity (Wildman–Crippen MR) is 98.9 cm³/mol. The zero-order chi connectivity index (χ0) is 17.9. The van der Waals surface area contributed by atoms with Gasteiger partial charge in [-0.05, 0) is 55.9 Å². The molecule has 1 saturated carbocycles. The number of nitrogens with one attached hydrogen (secondary N) is 1. The van der Waals surface area contributed by atoms with E-state index in [0.29, 0.717) is 12.5 Å². The lowest BCUT2D eigenvalue weighted by molar-refractivity contribution is -0.136. The van der Waals surface area contributed by atoms with Crippen LogP contribution in [0, 0.1) is 5.92 Å². The van der Waals surface area contributed by atoms with Crippen molar-refractivity contribution in [2.45, 2.75) is 45.1 Å². The summed E-state index contributed by atoms with van der Waals surface area (Å²) < 4.78 is 11.5. The number of pyridine rings is 1. The van der Waals surface area contributed by atoms with Gasteiger partial charge in [-0.3, -0.25) is 9.78 Å². The fraction of sp³-hybridized carbons (Fsp3) is 0.500. The normalized spacial score (nSPS) is 16.3. The van der Waals surface area contributed by atoms with E-state index in [9.17, 15) is 4.79 Å². The van der Waals surface area contributed by atoms with Crippen molar-refractivity contribution in [1.82, 2.24) is 4.98 Å². The predicted octanol–water partition coefficient (Wildman–Crippen LogP) is 4.17. The fourth-order valence-electron chi connectivity index (χ4n) is 3.33. The maximum absolute atomic E-state index is 12.8. The van der Waals surface area contributed by atoms with Crippen LogP contribution in [0.2, 0.25) is 0 Å². The summed E-state index contributed by atoms with van der Waals surface area (Å²) in [5.74, 6) is 1.10. The molecule has 1 aliphatic carbocycles. The largest absolute Gasteiger partial charge is 0.491 e. The van der Waals surface area contributed by atoms with Gasteiger partial charge in [0, 0.05) is 18.7 Å². The van der Waals surface area contributed by atoms with E-state index in [1.165, 1.54) is 0 Å². The van der Waals surface area contributed by atoms with Gasteiger partial charge in [0.05, 0.1) is 12.3 Å². The first-order valence-electron chi connectivity index (χ1n) is 8.93. The van der Waals surface area contributed by atoms with Crippen molar-refractivity contribution in [3.05, 3.63) is 30.5 Å². The van der Waals surface area contributed by atoms with E-state index in [1.54, 1.807) is 13.3 Å². The number of fused-ring (bicyclic) bond motifs is 1. The van der Waals surface area contributed by atoms with E-state index >= 15 is 0 Å². The second-order valence-electron chi connectivity index (χ2n) is 7.08. The van der Waals surface area contributed by atoms with Crippen molar-refractivity contribution in [1.29, 1.82) is 0 Å². The molecule has 25 heavy (non-hydrogen) atoms. The second-order valence-corrected chi connectivity index (χ2v) is 7.08. The Kier molecular flexibility index (Phi) is 5.23. The Balaban J connectivity index is 1.90. The molecule has 5 nitrogen and oxygen atoms in total. The van der Waals surface area contributed by atoms with E-state index in [1.807, 2.05) is 24.3 Å². The van der Waals surface area contributed by atoms with Crippen molar-refractivity contribution in [3.63, 3.8) is 0 Å². The smallest absolute Gasteiger partial charge is 0.256 e. The van der Waals surface area contributed by atoms with Crippen LogP contribution in [0.1, 0.15) is 39.5 Å². The Hall–Kier alpha value is -2.14. The average molecular weight is 342 g/mol. The Bertz CT molecular complexity index is 752. The standard InChI is InChI=1S/C20H26N2O3/c1-14(2)13-25-17-9-8-16(15-7-6-12-21-18(15)17)22-19(23)20(24-3)10-4-5-11-20/h6-9,12,14H,4-5,10-11,13H2,1-3H3,(H,22,23). The van der Waals surface area contributed by atoms with Crippen LogP contribution in [0.15, 0.2) is 30.5 Å². The Labute approximate surface area is 148 Å². The zero-order valence-electron chi connectivity index (χ0n) is 15.2. The Morgan fingerprint density at radius 3 is 2.72 bits per heavy atom. The van der Waals surface area contributed by atoms with E-state index in [2.05, 4.69) is 24.1 Å². The molecule has 3 rings (SSSR count). The molecule has 1 amide bonds. The molecule has 1 aromatic heterocycles. The number of hydrogen-bond donors (Lipinski definition) is 1. The van der Waals surface area contributed by atoms with Crippen molar-refractivity contribution in [2.24, 2.45) is 5.92 Å². The van der Waals surface area contributed by atoms with Crippen molar-refractivity contribution in [3.8, 4) is 5.75 Å². The number of amides is 1. The summed E-state index contributed by atoms with van der Waals surface area (Å²) in [5.41, 5.74) is 0.800. The number of hydrogen-bond acceptors (Lipinski definition) is 4. The molecule has 1 aromatic carbocycles. The molecule has 1 aliphatic rings. The molecule has 2 aromatic rings. The van der Waals surface area contributed by atoms with E-state index < -0.39 is 5.60 Å². The topological polar surface area (TPSA) is 60.5 Å². The van der Waals surface area contributed by atoms with E-state index in [4.69, 9.17) is 9.47 Å². The third-order valence-electron chi connectivity index (χ3n) is 4.77. The molecule has 134 valence electrons. The van der Waals surface area contributed by atoms with E-state index in [0.717, 1.165) is 48.0 Å². The van der Waals surface area contributed by atoms with Gasteiger partial charge in [0.25, 0.3) is 5.91 Å². The molecule has 0 spiro atoms. The van der Waals surface area contributed by atoms with Crippen LogP contribution in [0.3, 0.4) is 0 Å². The minimum absolute atomic E-state index is 0.0755. The summed E-state index contributed by atoms with van der Waals surface area (Å²) >= 11 is 0. The summed E-state index contributed by atoms with van der Waals surface area (Å²) in [6.45, 7) is 4.84. The SMILES string of the molecule is COC1(C(=O)Nc2ccc(OCC(C)C)c3ncccc23)CCCC1. The molecule has 5 heteroatoms. The van der Waals surface area contributed by atoms with Crippen molar-refractivity contribution in [2.75, 3.05) is 19.0 Å². The number of aromatic nitrogens is 1. The van der Waals surface area contributed by atoms with Gasteiger partial charge >= 0.3 is 0 Å².